The molecule has 4 heteroatoms. The van der Waals surface area contributed by atoms with E-state index in [4.69, 9.17) is 4.74 Å². The summed E-state index contributed by atoms with van der Waals surface area (Å²) in [6, 6.07) is 13.4. The molecule has 21 heavy (non-hydrogen) atoms. The van der Waals surface area contributed by atoms with E-state index in [9.17, 15) is 9.59 Å². The average Bonchev–Trinajstić information content (AvgIpc) is 2.50. The van der Waals surface area contributed by atoms with E-state index in [1.165, 1.54) is 0 Å². The van der Waals surface area contributed by atoms with E-state index in [0.717, 1.165) is 10.8 Å². The molecule has 0 fully saturated rings. The van der Waals surface area contributed by atoms with Crippen LogP contribution in [0, 0.1) is 0 Å². The van der Waals surface area contributed by atoms with E-state index >= 15 is 0 Å². The fourth-order valence-electron chi connectivity index (χ4n) is 2.01. The molecule has 0 heterocycles. The lowest BCUT2D eigenvalue weighted by Gasteiger charge is -2.15. The molecule has 1 unspecified atom stereocenters. The van der Waals surface area contributed by atoms with Gasteiger partial charge < -0.3 is 10.1 Å². The van der Waals surface area contributed by atoms with Gasteiger partial charge in [-0.05, 0) is 11.5 Å². The Bertz CT molecular complexity index is 631. The molecule has 1 N–H and O–H groups in total. The Hall–Kier alpha value is -2.20. The zero-order chi connectivity index (χ0) is 15.2. The Morgan fingerprint density at radius 2 is 1.90 bits per heavy atom. The highest BCUT2D eigenvalue weighted by Gasteiger charge is 2.20. The highest BCUT2D eigenvalue weighted by Crippen LogP contribution is 2.25. The summed E-state index contributed by atoms with van der Waals surface area (Å²) in [5, 5.41) is 4.89. The van der Waals surface area contributed by atoms with Crippen molar-refractivity contribution in [3.63, 3.8) is 0 Å². The quantitative estimate of drug-likeness (QED) is 0.627. The summed E-state index contributed by atoms with van der Waals surface area (Å²) in [6.45, 7) is 4.00. The molecule has 0 saturated heterocycles. The van der Waals surface area contributed by atoms with Gasteiger partial charge in [-0.3, -0.25) is 9.59 Å². The highest BCUT2D eigenvalue weighted by molar-refractivity contribution is 5.98. The number of nitrogens with one attached hydrogen (secondary N) is 1. The molecule has 2 aromatic carbocycles. The number of ether oxygens (including phenoxy) is 1. The van der Waals surface area contributed by atoms with Gasteiger partial charge in [-0.2, -0.15) is 0 Å². The number of Topliss-reactive ketones (excluding diaryl/α,β-unsaturated/α-hetero) is 1. The number of hydrogen-bond acceptors (Lipinski definition) is 4. The number of ketones is 1. The topological polar surface area (TPSA) is 55.4 Å². The van der Waals surface area contributed by atoms with Gasteiger partial charge in [0, 0.05) is 11.4 Å². The van der Waals surface area contributed by atoms with Crippen LogP contribution in [0.4, 0.5) is 0 Å². The van der Waals surface area contributed by atoms with E-state index in [0.29, 0.717) is 12.0 Å². The van der Waals surface area contributed by atoms with E-state index in [-0.39, 0.29) is 18.4 Å². The SMILES string of the molecule is CC(C)NCC(=O)C(C=O)Oc1cccc2ccccc12. The molecular weight excluding hydrogens is 266 g/mol. The predicted octanol–water partition coefficient (Wildman–Crippen LogP) is 2.35. The second kappa shape index (κ2) is 6.99. The first kappa shape index (κ1) is 15.2. The zero-order valence-corrected chi connectivity index (χ0v) is 12.2. The van der Waals surface area contributed by atoms with Crippen LogP contribution in [-0.2, 0) is 9.59 Å². The molecule has 0 spiro atoms. The zero-order valence-electron chi connectivity index (χ0n) is 12.2. The molecule has 2 rings (SSSR count). The summed E-state index contributed by atoms with van der Waals surface area (Å²) in [7, 11) is 0. The summed E-state index contributed by atoms with van der Waals surface area (Å²) < 4.78 is 5.61. The van der Waals surface area contributed by atoms with Crippen LogP contribution in [0.3, 0.4) is 0 Å². The minimum absolute atomic E-state index is 0.117. The third-order valence-corrected chi connectivity index (χ3v) is 3.13. The van der Waals surface area contributed by atoms with Gasteiger partial charge in [-0.15, -0.1) is 0 Å². The van der Waals surface area contributed by atoms with Crippen LogP contribution in [0.2, 0.25) is 0 Å². The van der Waals surface area contributed by atoms with Crippen LogP contribution in [-0.4, -0.2) is 30.8 Å². The van der Waals surface area contributed by atoms with Crippen LogP contribution in [0.25, 0.3) is 10.8 Å². The Morgan fingerprint density at radius 3 is 2.62 bits per heavy atom. The Morgan fingerprint density at radius 1 is 1.19 bits per heavy atom. The van der Waals surface area contributed by atoms with Crippen molar-refractivity contribution in [2.75, 3.05) is 6.54 Å². The van der Waals surface area contributed by atoms with Crippen LogP contribution < -0.4 is 10.1 Å². The lowest BCUT2D eigenvalue weighted by Crippen LogP contribution is -2.38. The summed E-state index contributed by atoms with van der Waals surface area (Å²) in [5.74, 6) is 0.273. The number of benzene rings is 2. The molecule has 0 radical (unpaired) electrons. The molecule has 110 valence electrons. The number of carbonyl (C=O) groups is 2. The molecule has 2 aromatic rings. The first-order valence-electron chi connectivity index (χ1n) is 6.97. The maximum Gasteiger partial charge on any atom is 0.213 e. The highest BCUT2D eigenvalue weighted by atomic mass is 16.5. The van der Waals surface area contributed by atoms with Gasteiger partial charge in [0.05, 0.1) is 6.54 Å². The standard InChI is InChI=1S/C17H19NO3/c1-12(2)18-10-15(20)17(11-19)21-16-9-5-7-13-6-3-4-8-14(13)16/h3-9,11-12,17-18H,10H2,1-2H3. The van der Waals surface area contributed by atoms with Gasteiger partial charge in [0.2, 0.25) is 6.10 Å². The van der Waals surface area contributed by atoms with Crippen molar-refractivity contribution in [2.45, 2.75) is 26.0 Å². The Balaban J connectivity index is 2.17. The maximum atomic E-state index is 12.0. The number of rotatable bonds is 7. The molecule has 0 amide bonds. The first-order chi connectivity index (χ1) is 10.1. The second-order valence-electron chi connectivity index (χ2n) is 5.15. The molecule has 0 aliphatic carbocycles. The molecule has 1 atom stereocenters. The molecule has 0 aromatic heterocycles. The van der Waals surface area contributed by atoms with Crippen LogP contribution in [0.15, 0.2) is 42.5 Å². The normalized spacial score (nSPS) is 12.3. The number of hydrogen-bond donors (Lipinski definition) is 1. The lowest BCUT2D eigenvalue weighted by atomic mass is 10.1. The average molecular weight is 285 g/mol. The van der Waals surface area contributed by atoms with Gasteiger partial charge in [0.25, 0.3) is 0 Å². The third-order valence-electron chi connectivity index (χ3n) is 3.13. The number of fused-ring (bicyclic) bond motifs is 1. The number of carbonyl (C=O) groups excluding carboxylic acids is 2. The van der Waals surface area contributed by atoms with E-state index < -0.39 is 6.10 Å². The largest absolute Gasteiger partial charge is 0.474 e. The van der Waals surface area contributed by atoms with Crippen LogP contribution >= 0.6 is 0 Å². The minimum atomic E-state index is -1.08. The van der Waals surface area contributed by atoms with Crippen molar-refractivity contribution in [1.82, 2.24) is 5.32 Å². The summed E-state index contributed by atoms with van der Waals surface area (Å²) in [5.41, 5.74) is 0. The van der Waals surface area contributed by atoms with Gasteiger partial charge in [-0.25, -0.2) is 0 Å². The van der Waals surface area contributed by atoms with Gasteiger partial charge in [-0.1, -0.05) is 50.2 Å². The van der Waals surface area contributed by atoms with Crippen molar-refractivity contribution in [3.05, 3.63) is 42.5 Å². The van der Waals surface area contributed by atoms with Crippen molar-refractivity contribution >= 4 is 22.8 Å². The molecule has 0 bridgehead atoms. The van der Waals surface area contributed by atoms with Crippen molar-refractivity contribution in [2.24, 2.45) is 0 Å². The molecule has 0 aliphatic rings. The van der Waals surface area contributed by atoms with Gasteiger partial charge >= 0.3 is 0 Å². The monoisotopic (exact) mass is 285 g/mol. The maximum absolute atomic E-state index is 12.0. The second-order valence-corrected chi connectivity index (χ2v) is 5.15. The fraction of sp³-hybridized carbons (Fsp3) is 0.294. The smallest absolute Gasteiger partial charge is 0.213 e. The summed E-state index contributed by atoms with van der Waals surface area (Å²) in [6.07, 6.45) is -0.534. The predicted molar refractivity (Wildman–Crippen MR) is 82.6 cm³/mol. The summed E-state index contributed by atoms with van der Waals surface area (Å²) in [4.78, 5) is 23.2. The molecular formula is C17H19NO3. The Labute approximate surface area is 124 Å². The third kappa shape index (κ3) is 3.89. The van der Waals surface area contributed by atoms with E-state index in [2.05, 4.69) is 5.32 Å². The fourth-order valence-corrected chi connectivity index (χ4v) is 2.01. The van der Waals surface area contributed by atoms with Crippen molar-refractivity contribution in [3.8, 4) is 5.75 Å². The lowest BCUT2D eigenvalue weighted by molar-refractivity contribution is -0.130. The van der Waals surface area contributed by atoms with Crippen molar-refractivity contribution in [1.29, 1.82) is 0 Å². The van der Waals surface area contributed by atoms with Gasteiger partial charge in [0.1, 0.15) is 5.75 Å². The van der Waals surface area contributed by atoms with Crippen LogP contribution in [0.1, 0.15) is 13.8 Å². The molecule has 0 aliphatic heterocycles. The number of aldehydes is 1. The van der Waals surface area contributed by atoms with Gasteiger partial charge in [0.15, 0.2) is 12.1 Å². The minimum Gasteiger partial charge on any atom is -0.474 e. The Kier molecular flexibility index (Phi) is 5.06. The molecule has 4 nitrogen and oxygen atoms in total. The molecule has 0 saturated carbocycles. The van der Waals surface area contributed by atoms with E-state index in [1.54, 1.807) is 6.07 Å². The van der Waals surface area contributed by atoms with E-state index in [1.807, 2.05) is 50.2 Å². The summed E-state index contributed by atoms with van der Waals surface area (Å²) >= 11 is 0. The first-order valence-corrected chi connectivity index (χ1v) is 6.97. The van der Waals surface area contributed by atoms with Crippen LogP contribution in [0.5, 0.6) is 5.75 Å². The van der Waals surface area contributed by atoms with Crippen molar-refractivity contribution < 1.29 is 14.3 Å².